The second-order valence-electron chi connectivity index (χ2n) is 4.66. The predicted octanol–water partition coefficient (Wildman–Crippen LogP) is 3.06. The van der Waals surface area contributed by atoms with Gasteiger partial charge in [0.05, 0.1) is 6.54 Å². The summed E-state index contributed by atoms with van der Waals surface area (Å²) in [5.41, 5.74) is 0. The van der Waals surface area contributed by atoms with Crippen molar-refractivity contribution >= 4 is 0 Å². The zero-order chi connectivity index (χ0) is 10.6. The van der Waals surface area contributed by atoms with Crippen LogP contribution in [-0.2, 0) is 0 Å². The number of hydrogen-bond donors (Lipinski definition) is 1. The minimum absolute atomic E-state index is 0.142. The predicted molar refractivity (Wildman–Crippen MR) is 54.6 cm³/mol. The Labute approximate surface area is 85.3 Å². The highest BCUT2D eigenvalue weighted by molar-refractivity contribution is 4.78. The molecule has 1 aliphatic carbocycles. The van der Waals surface area contributed by atoms with Crippen LogP contribution >= 0.6 is 0 Å². The molecular weight excluding hydrogens is 184 g/mol. The normalized spacial score (nSPS) is 28.7. The van der Waals surface area contributed by atoms with Crippen LogP contribution in [0.1, 0.15) is 39.5 Å². The Hall–Kier alpha value is -0.180. The quantitative estimate of drug-likeness (QED) is 0.743. The summed E-state index contributed by atoms with van der Waals surface area (Å²) in [6.07, 6.45) is 2.31. The van der Waals surface area contributed by atoms with Crippen molar-refractivity contribution in [3.63, 3.8) is 0 Å². The molecule has 0 unspecified atom stereocenters. The molecule has 1 rings (SSSR count). The highest BCUT2D eigenvalue weighted by atomic mass is 19.3. The van der Waals surface area contributed by atoms with E-state index in [1.165, 1.54) is 12.8 Å². The molecule has 0 aliphatic heterocycles. The van der Waals surface area contributed by atoms with E-state index in [9.17, 15) is 8.78 Å². The van der Waals surface area contributed by atoms with Gasteiger partial charge in [0.1, 0.15) is 0 Å². The smallest absolute Gasteiger partial charge is 0.250 e. The zero-order valence-corrected chi connectivity index (χ0v) is 9.10. The van der Waals surface area contributed by atoms with E-state index in [0.717, 1.165) is 24.7 Å². The summed E-state index contributed by atoms with van der Waals surface area (Å²) >= 11 is 0. The maximum atomic E-state index is 11.9. The van der Waals surface area contributed by atoms with Gasteiger partial charge in [-0.05, 0) is 37.5 Å². The van der Waals surface area contributed by atoms with Crippen LogP contribution in [0.4, 0.5) is 8.78 Å². The molecule has 0 saturated heterocycles. The number of alkyl halides is 2. The fourth-order valence-electron chi connectivity index (χ4n) is 2.25. The second kappa shape index (κ2) is 5.64. The van der Waals surface area contributed by atoms with Gasteiger partial charge in [-0.3, -0.25) is 0 Å². The first kappa shape index (κ1) is 11.9. The van der Waals surface area contributed by atoms with E-state index in [0.29, 0.717) is 6.04 Å². The van der Waals surface area contributed by atoms with Crippen LogP contribution < -0.4 is 5.32 Å². The molecule has 0 atom stereocenters. The number of nitrogens with one attached hydrogen (secondary N) is 1. The molecule has 0 heterocycles. The molecule has 0 amide bonds. The third-order valence-corrected chi connectivity index (χ3v) is 3.28. The fraction of sp³-hybridized carbons (Fsp3) is 1.00. The van der Waals surface area contributed by atoms with Gasteiger partial charge < -0.3 is 5.32 Å². The highest BCUT2D eigenvalue weighted by Gasteiger charge is 2.23. The second-order valence-corrected chi connectivity index (χ2v) is 4.66. The maximum Gasteiger partial charge on any atom is 0.250 e. The van der Waals surface area contributed by atoms with Gasteiger partial charge in [-0.15, -0.1) is 0 Å². The summed E-state index contributed by atoms with van der Waals surface area (Å²) < 4.78 is 23.9. The Morgan fingerprint density at radius 3 is 2.14 bits per heavy atom. The summed E-state index contributed by atoms with van der Waals surface area (Å²) in [6, 6.07) is 0.332. The Morgan fingerprint density at radius 1 is 1.14 bits per heavy atom. The van der Waals surface area contributed by atoms with Crippen LogP contribution in [0.15, 0.2) is 0 Å². The van der Waals surface area contributed by atoms with Gasteiger partial charge in [-0.2, -0.15) is 0 Å². The monoisotopic (exact) mass is 205 g/mol. The maximum absolute atomic E-state index is 11.9. The average Bonchev–Trinajstić information content (AvgIpc) is 2.15. The molecule has 1 nitrogen and oxygen atoms in total. The first-order valence-corrected chi connectivity index (χ1v) is 5.61. The standard InChI is InChI=1S/C11H21F2N/c1-8(2)9-3-5-10(6-4-9)14-7-11(12)13/h8-11,14H,3-7H2,1-2H3/t9-,10-. The van der Waals surface area contributed by atoms with Crippen molar-refractivity contribution in [2.24, 2.45) is 11.8 Å². The van der Waals surface area contributed by atoms with Gasteiger partial charge in [0.15, 0.2) is 0 Å². The Bertz CT molecular complexity index is 151. The van der Waals surface area contributed by atoms with Crippen LogP contribution in [0.5, 0.6) is 0 Å². The van der Waals surface area contributed by atoms with Crippen LogP contribution in [0.2, 0.25) is 0 Å². The van der Waals surface area contributed by atoms with E-state index in [2.05, 4.69) is 19.2 Å². The van der Waals surface area contributed by atoms with Crippen molar-refractivity contribution in [3.8, 4) is 0 Å². The number of rotatable bonds is 4. The Balaban J connectivity index is 2.16. The van der Waals surface area contributed by atoms with Gasteiger partial charge in [0.25, 0.3) is 6.43 Å². The van der Waals surface area contributed by atoms with Crippen molar-refractivity contribution < 1.29 is 8.78 Å². The first-order valence-electron chi connectivity index (χ1n) is 5.61. The van der Waals surface area contributed by atoms with Crippen molar-refractivity contribution in [3.05, 3.63) is 0 Å². The molecule has 1 saturated carbocycles. The molecular formula is C11H21F2N. The van der Waals surface area contributed by atoms with E-state index in [1.54, 1.807) is 0 Å². The van der Waals surface area contributed by atoms with Gasteiger partial charge in [0.2, 0.25) is 0 Å². The third-order valence-electron chi connectivity index (χ3n) is 3.28. The van der Waals surface area contributed by atoms with Crippen LogP contribution in [-0.4, -0.2) is 19.0 Å². The van der Waals surface area contributed by atoms with Crippen molar-refractivity contribution in [2.45, 2.75) is 52.0 Å². The van der Waals surface area contributed by atoms with Gasteiger partial charge in [-0.1, -0.05) is 13.8 Å². The molecule has 84 valence electrons. The van der Waals surface area contributed by atoms with Crippen molar-refractivity contribution in [1.29, 1.82) is 0 Å². The minimum Gasteiger partial charge on any atom is -0.309 e. The molecule has 0 aromatic heterocycles. The lowest BCUT2D eigenvalue weighted by Gasteiger charge is -2.31. The van der Waals surface area contributed by atoms with Gasteiger partial charge in [-0.25, -0.2) is 8.78 Å². The highest BCUT2D eigenvalue weighted by Crippen LogP contribution is 2.29. The van der Waals surface area contributed by atoms with E-state index in [-0.39, 0.29) is 6.54 Å². The summed E-state index contributed by atoms with van der Waals surface area (Å²) in [6.45, 7) is 4.35. The molecule has 14 heavy (non-hydrogen) atoms. The number of hydrogen-bond acceptors (Lipinski definition) is 1. The average molecular weight is 205 g/mol. The third kappa shape index (κ3) is 3.91. The SMILES string of the molecule is CC(C)[C@H]1CC[C@H](NCC(F)F)CC1. The van der Waals surface area contributed by atoms with E-state index in [1.807, 2.05) is 0 Å². The lowest BCUT2D eigenvalue weighted by molar-refractivity contribution is 0.133. The summed E-state index contributed by atoms with van der Waals surface area (Å²) in [4.78, 5) is 0. The molecule has 0 spiro atoms. The Morgan fingerprint density at radius 2 is 1.71 bits per heavy atom. The Kier molecular flexibility index (Phi) is 4.79. The van der Waals surface area contributed by atoms with Crippen molar-refractivity contribution in [2.75, 3.05) is 6.54 Å². The van der Waals surface area contributed by atoms with E-state index >= 15 is 0 Å². The molecule has 0 aromatic rings. The first-order chi connectivity index (χ1) is 6.59. The molecule has 0 aromatic carbocycles. The topological polar surface area (TPSA) is 12.0 Å². The van der Waals surface area contributed by atoms with Crippen LogP contribution in [0, 0.1) is 11.8 Å². The lowest BCUT2D eigenvalue weighted by Crippen LogP contribution is -2.36. The summed E-state index contributed by atoms with van der Waals surface area (Å²) in [7, 11) is 0. The molecule has 1 aliphatic rings. The van der Waals surface area contributed by atoms with Crippen LogP contribution in [0.25, 0.3) is 0 Å². The zero-order valence-electron chi connectivity index (χ0n) is 9.10. The summed E-state index contributed by atoms with van der Waals surface area (Å²) in [5.74, 6) is 1.55. The minimum atomic E-state index is -2.21. The van der Waals surface area contributed by atoms with Crippen LogP contribution in [0.3, 0.4) is 0 Å². The molecule has 0 bridgehead atoms. The molecule has 1 fully saturated rings. The lowest BCUT2D eigenvalue weighted by atomic mass is 9.80. The molecule has 3 heteroatoms. The van der Waals surface area contributed by atoms with Gasteiger partial charge >= 0.3 is 0 Å². The molecule has 1 N–H and O–H groups in total. The summed E-state index contributed by atoms with van der Waals surface area (Å²) in [5, 5.41) is 2.93. The number of halogens is 2. The van der Waals surface area contributed by atoms with Crippen molar-refractivity contribution in [1.82, 2.24) is 5.32 Å². The fourth-order valence-corrected chi connectivity index (χ4v) is 2.25. The van der Waals surface area contributed by atoms with E-state index in [4.69, 9.17) is 0 Å². The van der Waals surface area contributed by atoms with E-state index < -0.39 is 6.43 Å². The largest absolute Gasteiger partial charge is 0.309 e. The van der Waals surface area contributed by atoms with Gasteiger partial charge in [0, 0.05) is 6.04 Å². The molecule has 0 radical (unpaired) electrons.